The molecule has 1 aliphatic carbocycles. The third kappa shape index (κ3) is 4.08. The number of nitrogens with one attached hydrogen (secondary N) is 1. The molecule has 9 nitrogen and oxygen atoms in total. The molecule has 0 radical (unpaired) electrons. The average Bonchev–Trinajstić information content (AvgIpc) is 3.33. The van der Waals surface area contributed by atoms with Gasteiger partial charge in [0, 0.05) is 12.3 Å². The van der Waals surface area contributed by atoms with Crippen LogP contribution >= 0.6 is 0 Å². The summed E-state index contributed by atoms with van der Waals surface area (Å²) in [5.74, 6) is 5.89. The Hall–Kier alpha value is -4.97. The number of furan rings is 3. The van der Waals surface area contributed by atoms with E-state index in [0.29, 0.717) is 46.5 Å². The molecular formula is C28H20N2O7. The molecule has 5 aromatic rings. The number of nitrogens with zero attached hydrogens (tertiary/aromatic N) is 1. The molecule has 0 spiro atoms. The Morgan fingerprint density at radius 1 is 1.08 bits per heavy atom. The largest absolute Gasteiger partial charge is 0.480 e. The van der Waals surface area contributed by atoms with Crippen LogP contribution in [0.25, 0.3) is 22.3 Å². The molecule has 1 fully saturated rings. The maximum atomic E-state index is 12.7. The van der Waals surface area contributed by atoms with E-state index in [2.05, 4.69) is 22.1 Å². The zero-order chi connectivity index (χ0) is 25.6. The molecule has 0 bridgehead atoms. The smallest absolute Gasteiger partial charge is 0.412 e. The van der Waals surface area contributed by atoms with Crippen LogP contribution in [-0.2, 0) is 14.9 Å². The summed E-state index contributed by atoms with van der Waals surface area (Å²) in [4.78, 5) is 28.5. The molecule has 2 N–H and O–H groups in total. The first-order valence-corrected chi connectivity index (χ1v) is 11.6. The van der Waals surface area contributed by atoms with Gasteiger partial charge in [-0.1, -0.05) is 30.3 Å². The Morgan fingerprint density at radius 2 is 1.89 bits per heavy atom. The number of amides is 1. The van der Waals surface area contributed by atoms with Crippen LogP contribution < -0.4 is 5.32 Å². The molecule has 1 saturated carbocycles. The maximum Gasteiger partial charge on any atom is 0.412 e. The lowest BCUT2D eigenvalue weighted by Gasteiger charge is -2.13. The number of carbonyl (C=O) groups excluding carboxylic acids is 1. The van der Waals surface area contributed by atoms with Crippen LogP contribution in [0.15, 0.2) is 74.0 Å². The lowest BCUT2D eigenvalue weighted by atomic mass is 10.0. The van der Waals surface area contributed by atoms with Crippen molar-refractivity contribution in [3.8, 4) is 11.8 Å². The minimum atomic E-state index is -0.957. The third-order valence-electron chi connectivity index (χ3n) is 6.39. The SMILES string of the molecule is CC(OC(=O)Nc1c(C#Cc2cc3cc(C4(C(=O)O)CC4)oc3o2)oc2ncccc12)c1ccccc1. The highest BCUT2D eigenvalue weighted by molar-refractivity contribution is 5.99. The lowest BCUT2D eigenvalue weighted by Crippen LogP contribution is -2.18. The van der Waals surface area contributed by atoms with Gasteiger partial charge in [0.25, 0.3) is 5.78 Å². The number of carboxylic acid groups (broad SMARTS) is 1. The first-order chi connectivity index (χ1) is 17.9. The van der Waals surface area contributed by atoms with Crippen molar-refractivity contribution in [2.45, 2.75) is 31.3 Å². The summed E-state index contributed by atoms with van der Waals surface area (Å²) in [6.07, 6.45) is 1.51. The van der Waals surface area contributed by atoms with Gasteiger partial charge in [-0.15, -0.1) is 0 Å². The minimum absolute atomic E-state index is 0.175. The highest BCUT2D eigenvalue weighted by atomic mass is 16.6. The lowest BCUT2D eigenvalue weighted by molar-refractivity contribution is -0.140. The molecule has 4 heterocycles. The van der Waals surface area contributed by atoms with E-state index in [1.54, 1.807) is 37.4 Å². The number of hydrogen-bond acceptors (Lipinski definition) is 7. The van der Waals surface area contributed by atoms with Crippen LogP contribution in [0.3, 0.4) is 0 Å². The number of benzene rings is 1. The average molecular weight is 496 g/mol. The number of hydrogen-bond donors (Lipinski definition) is 2. The number of rotatable bonds is 5. The van der Waals surface area contributed by atoms with Gasteiger partial charge < -0.3 is 23.1 Å². The number of ether oxygens (including phenoxy) is 1. The predicted octanol–water partition coefficient (Wildman–Crippen LogP) is 5.99. The number of fused-ring (bicyclic) bond motifs is 2. The number of aliphatic carboxylic acids is 1. The first kappa shape index (κ1) is 22.5. The van der Waals surface area contributed by atoms with Gasteiger partial charge in [0.05, 0.1) is 10.8 Å². The van der Waals surface area contributed by atoms with Gasteiger partial charge in [-0.05, 0) is 55.4 Å². The molecule has 1 aromatic carbocycles. The van der Waals surface area contributed by atoms with E-state index >= 15 is 0 Å². The van der Waals surface area contributed by atoms with Crippen molar-refractivity contribution in [3.63, 3.8) is 0 Å². The van der Waals surface area contributed by atoms with Gasteiger partial charge in [-0.2, -0.15) is 0 Å². The summed E-state index contributed by atoms with van der Waals surface area (Å²) in [7, 11) is 0. The molecule has 1 atom stereocenters. The topological polar surface area (TPSA) is 128 Å². The molecule has 9 heteroatoms. The molecular weight excluding hydrogens is 476 g/mol. The predicted molar refractivity (Wildman–Crippen MR) is 132 cm³/mol. The van der Waals surface area contributed by atoms with Crippen LogP contribution in [0.1, 0.15) is 48.7 Å². The van der Waals surface area contributed by atoms with E-state index < -0.39 is 23.6 Å². The Morgan fingerprint density at radius 3 is 2.62 bits per heavy atom. The van der Waals surface area contributed by atoms with Crippen molar-refractivity contribution in [2.75, 3.05) is 5.32 Å². The molecule has 4 aromatic heterocycles. The second-order valence-electron chi connectivity index (χ2n) is 8.85. The van der Waals surface area contributed by atoms with Gasteiger partial charge >= 0.3 is 12.1 Å². The fraction of sp³-hybridized carbons (Fsp3) is 0.179. The summed E-state index contributed by atoms with van der Waals surface area (Å²) in [6.45, 7) is 1.78. The van der Waals surface area contributed by atoms with Crippen LogP contribution in [-0.4, -0.2) is 22.2 Å². The molecule has 0 aliphatic heterocycles. The zero-order valence-corrected chi connectivity index (χ0v) is 19.6. The summed E-state index contributed by atoms with van der Waals surface area (Å²) < 4.78 is 22.6. The fourth-order valence-corrected chi connectivity index (χ4v) is 4.17. The number of anilines is 1. The molecule has 184 valence electrons. The van der Waals surface area contributed by atoms with Crippen molar-refractivity contribution in [3.05, 3.63) is 83.6 Å². The van der Waals surface area contributed by atoms with E-state index in [4.69, 9.17) is 18.0 Å². The monoisotopic (exact) mass is 496 g/mol. The van der Waals surface area contributed by atoms with Crippen molar-refractivity contribution >= 4 is 40.0 Å². The maximum absolute atomic E-state index is 12.7. The molecule has 1 amide bonds. The van der Waals surface area contributed by atoms with E-state index in [1.165, 1.54) is 0 Å². The number of carbonyl (C=O) groups is 2. The Balaban J connectivity index is 1.26. The van der Waals surface area contributed by atoms with Gasteiger partial charge in [0.1, 0.15) is 23.0 Å². The first-order valence-electron chi connectivity index (χ1n) is 11.6. The van der Waals surface area contributed by atoms with E-state index in [9.17, 15) is 14.7 Å². The Kier molecular flexibility index (Phi) is 5.23. The van der Waals surface area contributed by atoms with Crippen molar-refractivity contribution < 1.29 is 32.7 Å². The molecule has 1 aliphatic rings. The summed E-state index contributed by atoms with van der Waals surface area (Å²) >= 11 is 0. The van der Waals surface area contributed by atoms with Crippen molar-refractivity contribution in [2.24, 2.45) is 0 Å². The number of carboxylic acids is 1. The molecule has 6 rings (SSSR count). The van der Waals surface area contributed by atoms with E-state index in [0.717, 1.165) is 5.56 Å². The van der Waals surface area contributed by atoms with Gasteiger partial charge in [0.15, 0.2) is 5.76 Å². The van der Waals surface area contributed by atoms with Crippen LogP contribution in [0, 0.1) is 11.8 Å². The van der Waals surface area contributed by atoms with Crippen LogP contribution in [0.2, 0.25) is 0 Å². The van der Waals surface area contributed by atoms with Crippen LogP contribution in [0.4, 0.5) is 10.5 Å². The van der Waals surface area contributed by atoms with Crippen molar-refractivity contribution in [1.29, 1.82) is 0 Å². The second kappa shape index (κ2) is 8.60. The number of aromatic nitrogens is 1. The Bertz CT molecular complexity index is 1680. The molecule has 0 saturated heterocycles. The molecule has 37 heavy (non-hydrogen) atoms. The third-order valence-corrected chi connectivity index (χ3v) is 6.39. The van der Waals surface area contributed by atoms with Gasteiger partial charge in [-0.3, -0.25) is 10.1 Å². The summed E-state index contributed by atoms with van der Waals surface area (Å²) in [5, 5.41) is 13.4. The fourth-order valence-electron chi connectivity index (χ4n) is 4.17. The zero-order valence-electron chi connectivity index (χ0n) is 19.6. The van der Waals surface area contributed by atoms with Crippen molar-refractivity contribution in [1.82, 2.24) is 4.98 Å². The number of pyridine rings is 1. The summed E-state index contributed by atoms with van der Waals surface area (Å²) in [5.41, 5.74) is 0.537. The highest BCUT2D eigenvalue weighted by Crippen LogP contribution is 2.50. The normalized spacial score (nSPS) is 14.6. The van der Waals surface area contributed by atoms with Gasteiger partial charge in [0.2, 0.25) is 11.5 Å². The van der Waals surface area contributed by atoms with E-state index in [1.807, 2.05) is 30.3 Å². The quantitative estimate of drug-likeness (QED) is 0.284. The molecule has 1 unspecified atom stereocenters. The van der Waals surface area contributed by atoms with Crippen LogP contribution in [0.5, 0.6) is 0 Å². The standard InChI is InChI=1S/C28H20N2O7/c1-16(17-6-3-2-4-7-17)34-27(33)30-23-20-8-5-13-29-24(20)36-21(23)10-9-19-14-18-15-22(37-25(18)35-19)28(11-12-28)26(31)32/h2-8,13-16H,11-12H2,1H3,(H,30,33)(H,31,32). The second-order valence-corrected chi connectivity index (χ2v) is 8.85. The highest BCUT2D eigenvalue weighted by Gasteiger charge is 2.54. The van der Waals surface area contributed by atoms with E-state index in [-0.39, 0.29) is 11.5 Å². The minimum Gasteiger partial charge on any atom is -0.480 e. The summed E-state index contributed by atoms with van der Waals surface area (Å²) in [6, 6.07) is 16.2. The Labute approximate surface area is 210 Å². The van der Waals surface area contributed by atoms with Gasteiger partial charge in [-0.25, -0.2) is 9.78 Å².